The maximum absolute atomic E-state index is 13.5. The van der Waals surface area contributed by atoms with E-state index in [-0.39, 0.29) is 10.7 Å². The van der Waals surface area contributed by atoms with E-state index in [9.17, 15) is 27.5 Å². The van der Waals surface area contributed by atoms with E-state index in [0.29, 0.717) is 37.1 Å². The van der Waals surface area contributed by atoms with Crippen LogP contribution in [0.15, 0.2) is 58.9 Å². The Kier molecular flexibility index (Phi) is 5.72. The number of alkyl halides is 3. The van der Waals surface area contributed by atoms with E-state index in [2.05, 4.69) is 4.98 Å². The molecule has 1 N–H and O–H groups in total. The van der Waals surface area contributed by atoms with Crippen LogP contribution >= 0.6 is 11.6 Å². The van der Waals surface area contributed by atoms with E-state index >= 15 is 0 Å². The summed E-state index contributed by atoms with van der Waals surface area (Å²) in [6.45, 7) is 1.97. The number of aromatic nitrogens is 1. The number of carbonyl (C=O) groups is 1. The average molecular weight is 429 g/mol. The maximum atomic E-state index is 13.5. The average Bonchev–Trinajstić information content (AvgIpc) is 2.88. The van der Waals surface area contributed by atoms with Crippen molar-refractivity contribution in [2.45, 2.75) is 38.0 Å². The Labute approximate surface area is 169 Å². The SMILES string of the molecule is C/C=C1\C(=C/C2=C=C(F)C2(O)C(F)(F)F)CCCCN1C(=O)c1cccnc1Cl. The third-order valence-corrected chi connectivity index (χ3v) is 5.19. The highest BCUT2D eigenvalue weighted by molar-refractivity contribution is 6.32. The first-order valence-electron chi connectivity index (χ1n) is 8.87. The zero-order valence-corrected chi connectivity index (χ0v) is 16.1. The molecule has 9 heteroatoms. The lowest BCUT2D eigenvalue weighted by molar-refractivity contribution is -0.237. The third-order valence-electron chi connectivity index (χ3n) is 4.89. The van der Waals surface area contributed by atoms with Crippen molar-refractivity contribution >= 4 is 17.5 Å². The largest absolute Gasteiger partial charge is 0.429 e. The molecule has 2 heterocycles. The van der Waals surface area contributed by atoms with Crippen molar-refractivity contribution in [1.29, 1.82) is 0 Å². The van der Waals surface area contributed by atoms with Gasteiger partial charge in [-0.05, 0) is 50.0 Å². The van der Waals surface area contributed by atoms with Crippen LogP contribution < -0.4 is 0 Å². The van der Waals surface area contributed by atoms with Crippen molar-refractivity contribution in [1.82, 2.24) is 9.88 Å². The summed E-state index contributed by atoms with van der Waals surface area (Å²) in [6.07, 6.45) is 0.418. The molecule has 29 heavy (non-hydrogen) atoms. The molecule has 1 unspecified atom stereocenters. The Morgan fingerprint density at radius 3 is 2.72 bits per heavy atom. The van der Waals surface area contributed by atoms with Gasteiger partial charge >= 0.3 is 6.18 Å². The van der Waals surface area contributed by atoms with Gasteiger partial charge < -0.3 is 10.0 Å². The van der Waals surface area contributed by atoms with Gasteiger partial charge in [0.05, 0.1) is 5.56 Å². The molecule has 1 fully saturated rings. The molecular weight excluding hydrogens is 412 g/mol. The number of aliphatic hydroxyl groups is 1. The van der Waals surface area contributed by atoms with E-state index in [1.54, 1.807) is 19.1 Å². The van der Waals surface area contributed by atoms with Gasteiger partial charge in [0, 0.05) is 24.0 Å². The van der Waals surface area contributed by atoms with Crippen molar-refractivity contribution < 1.29 is 27.5 Å². The molecule has 1 aliphatic carbocycles. The van der Waals surface area contributed by atoms with Crippen LogP contribution in [0.3, 0.4) is 0 Å². The predicted molar refractivity (Wildman–Crippen MR) is 98.6 cm³/mol. The standard InChI is InChI=1S/C20H17ClF4N2O2/c1-2-15-12(10-13-11-16(22)19(13,29)20(23,24)25)6-3-4-9-27(15)18(28)14-7-5-8-26-17(14)21/h2,5,7-8,10,29H,3-4,6,9H2,1H3/b12-10-,15-2+. The summed E-state index contributed by atoms with van der Waals surface area (Å²) in [7, 11) is 0. The second-order valence-electron chi connectivity index (χ2n) is 6.66. The highest BCUT2D eigenvalue weighted by Gasteiger charge is 2.63. The second-order valence-corrected chi connectivity index (χ2v) is 7.02. The minimum Gasteiger partial charge on any atom is -0.369 e. The van der Waals surface area contributed by atoms with Crippen molar-refractivity contribution in [3.05, 3.63) is 69.6 Å². The lowest BCUT2D eigenvalue weighted by Gasteiger charge is -2.33. The minimum absolute atomic E-state index is 0.0147. The van der Waals surface area contributed by atoms with Gasteiger partial charge in [0.25, 0.3) is 11.5 Å². The molecule has 154 valence electrons. The highest BCUT2D eigenvalue weighted by Crippen LogP contribution is 2.48. The van der Waals surface area contributed by atoms with Crippen LogP contribution in [0.1, 0.15) is 36.5 Å². The lowest BCUT2D eigenvalue weighted by atomic mass is 9.82. The zero-order valence-electron chi connectivity index (χ0n) is 15.4. The number of amides is 1. The van der Waals surface area contributed by atoms with Gasteiger partial charge in [-0.3, -0.25) is 4.79 Å². The number of hydrogen-bond acceptors (Lipinski definition) is 3. The summed E-state index contributed by atoms with van der Waals surface area (Å²) in [5.41, 5.74) is -1.59. The Hall–Kier alpha value is -2.41. The summed E-state index contributed by atoms with van der Waals surface area (Å²) in [5, 5.41) is 9.83. The second kappa shape index (κ2) is 7.78. The van der Waals surface area contributed by atoms with Crippen LogP contribution in [0.2, 0.25) is 5.15 Å². The van der Waals surface area contributed by atoms with E-state index in [4.69, 9.17) is 11.6 Å². The molecule has 1 aromatic rings. The number of hydrogen-bond donors (Lipinski definition) is 1. The van der Waals surface area contributed by atoms with Gasteiger partial charge in [-0.2, -0.15) is 17.6 Å². The number of rotatable bonds is 2. The molecule has 3 rings (SSSR count). The fourth-order valence-corrected chi connectivity index (χ4v) is 3.54. The third kappa shape index (κ3) is 3.64. The first-order valence-corrected chi connectivity index (χ1v) is 9.25. The Morgan fingerprint density at radius 1 is 1.41 bits per heavy atom. The Balaban J connectivity index is 2.01. The van der Waals surface area contributed by atoms with Crippen LogP contribution in [0.5, 0.6) is 0 Å². The number of carbonyl (C=O) groups excluding carboxylic acids is 1. The number of allylic oxidation sites excluding steroid dienone is 2. The molecule has 0 bridgehead atoms. The molecule has 4 nitrogen and oxygen atoms in total. The Bertz CT molecular complexity index is 977. The van der Waals surface area contributed by atoms with Crippen LogP contribution in [0.25, 0.3) is 0 Å². The van der Waals surface area contributed by atoms with Gasteiger partial charge in [0.2, 0.25) is 0 Å². The smallest absolute Gasteiger partial charge is 0.369 e. The van der Waals surface area contributed by atoms with Gasteiger partial charge in [0.1, 0.15) is 5.15 Å². The predicted octanol–water partition coefficient (Wildman–Crippen LogP) is 4.88. The van der Waals surface area contributed by atoms with Crippen LogP contribution in [0, 0.1) is 0 Å². The van der Waals surface area contributed by atoms with Gasteiger partial charge in [0.15, 0.2) is 5.83 Å². The van der Waals surface area contributed by atoms with E-state index < -0.39 is 29.1 Å². The molecule has 2 aliphatic rings. The van der Waals surface area contributed by atoms with Crippen molar-refractivity contribution in [2.24, 2.45) is 0 Å². The van der Waals surface area contributed by atoms with Gasteiger partial charge in [-0.15, -0.1) is 0 Å². The summed E-state index contributed by atoms with van der Waals surface area (Å²) in [5.74, 6) is -2.22. The molecule has 1 amide bonds. The fraction of sp³-hybridized carbons (Fsp3) is 0.350. The quantitative estimate of drug-likeness (QED) is 0.415. The first kappa shape index (κ1) is 21.3. The summed E-state index contributed by atoms with van der Waals surface area (Å²) >= 11 is 6.02. The number of pyridine rings is 1. The monoisotopic (exact) mass is 428 g/mol. The summed E-state index contributed by atoms with van der Waals surface area (Å²) in [6, 6.07) is 3.06. The maximum Gasteiger partial charge on any atom is 0.429 e. The summed E-state index contributed by atoms with van der Waals surface area (Å²) in [4.78, 5) is 18.3. The topological polar surface area (TPSA) is 53.4 Å². The lowest BCUT2D eigenvalue weighted by Crippen LogP contribution is -2.50. The zero-order chi connectivity index (χ0) is 21.4. The number of likely N-dealkylation sites (tertiary alicyclic amines) is 1. The van der Waals surface area contributed by atoms with Crippen molar-refractivity contribution in [3.63, 3.8) is 0 Å². The van der Waals surface area contributed by atoms with Crippen LogP contribution in [0.4, 0.5) is 17.6 Å². The molecule has 1 aliphatic heterocycles. The van der Waals surface area contributed by atoms with Crippen molar-refractivity contribution in [3.8, 4) is 0 Å². The van der Waals surface area contributed by atoms with E-state index in [1.165, 1.54) is 17.2 Å². The molecule has 0 aromatic carbocycles. The normalized spacial score (nSPS) is 25.4. The van der Waals surface area contributed by atoms with Gasteiger partial charge in [-0.1, -0.05) is 23.4 Å². The van der Waals surface area contributed by atoms with Crippen LogP contribution in [-0.4, -0.2) is 39.2 Å². The van der Waals surface area contributed by atoms with E-state index in [1.807, 2.05) is 5.73 Å². The molecule has 0 spiro atoms. The van der Waals surface area contributed by atoms with Crippen LogP contribution in [-0.2, 0) is 0 Å². The number of nitrogens with zero attached hydrogens (tertiary/aromatic N) is 2. The van der Waals surface area contributed by atoms with Gasteiger partial charge in [-0.25, -0.2) is 4.98 Å². The first-order chi connectivity index (χ1) is 13.6. The molecular formula is C20H17ClF4N2O2. The van der Waals surface area contributed by atoms with E-state index in [0.717, 1.165) is 6.08 Å². The summed E-state index contributed by atoms with van der Waals surface area (Å²) < 4.78 is 53.0. The molecule has 1 saturated heterocycles. The molecule has 0 radical (unpaired) electrons. The fourth-order valence-electron chi connectivity index (χ4n) is 3.34. The molecule has 1 aromatic heterocycles. The Morgan fingerprint density at radius 2 is 2.14 bits per heavy atom. The highest BCUT2D eigenvalue weighted by atomic mass is 35.5. The molecule has 0 saturated carbocycles. The number of halogens is 5. The molecule has 1 atom stereocenters. The van der Waals surface area contributed by atoms with Crippen molar-refractivity contribution in [2.75, 3.05) is 6.54 Å². The minimum atomic E-state index is -5.21.